The van der Waals surface area contributed by atoms with E-state index in [1.54, 1.807) is 19.1 Å². The molecule has 30 heavy (non-hydrogen) atoms. The highest BCUT2D eigenvalue weighted by molar-refractivity contribution is 7.20. The SMILES string of the molecule is Cc1ccc(Nc2sc(Nc3ccc4ccccc4c3)nc2C(N)=O)cc1[N+](=O)[O-]. The van der Waals surface area contributed by atoms with Gasteiger partial charge in [-0.05, 0) is 35.9 Å². The Labute approximate surface area is 175 Å². The summed E-state index contributed by atoms with van der Waals surface area (Å²) < 4.78 is 0. The first kappa shape index (κ1) is 19.3. The molecule has 1 aromatic heterocycles. The number of fused-ring (bicyclic) bond motifs is 1. The zero-order valence-corrected chi connectivity index (χ0v) is 16.7. The van der Waals surface area contributed by atoms with E-state index in [0.29, 0.717) is 21.4 Å². The second-order valence-electron chi connectivity index (χ2n) is 6.63. The molecule has 9 heteroatoms. The minimum atomic E-state index is -0.693. The lowest BCUT2D eigenvalue weighted by Gasteiger charge is -2.06. The Kier molecular flexibility index (Phi) is 5.03. The molecule has 8 nitrogen and oxygen atoms in total. The topological polar surface area (TPSA) is 123 Å². The molecule has 0 aliphatic rings. The van der Waals surface area contributed by atoms with Crippen molar-refractivity contribution >= 4 is 55.2 Å². The van der Waals surface area contributed by atoms with Crippen LogP contribution in [0.15, 0.2) is 60.7 Å². The Morgan fingerprint density at radius 2 is 1.73 bits per heavy atom. The third-order valence-corrected chi connectivity index (χ3v) is 5.41. The molecule has 0 spiro atoms. The maximum absolute atomic E-state index is 11.9. The number of nitro benzene ring substituents is 1. The molecule has 0 aliphatic carbocycles. The highest BCUT2D eigenvalue weighted by Gasteiger charge is 2.18. The van der Waals surface area contributed by atoms with Crippen LogP contribution in [0.5, 0.6) is 0 Å². The molecular formula is C21H17N5O3S. The smallest absolute Gasteiger partial charge is 0.274 e. The van der Waals surface area contributed by atoms with Gasteiger partial charge in [0.25, 0.3) is 11.6 Å². The van der Waals surface area contributed by atoms with Gasteiger partial charge in [0.05, 0.1) is 4.92 Å². The average molecular weight is 419 g/mol. The number of primary amides is 1. The molecule has 0 saturated heterocycles. The van der Waals surface area contributed by atoms with Gasteiger partial charge in [0.1, 0.15) is 5.00 Å². The predicted octanol–water partition coefficient (Wildman–Crippen LogP) is 5.10. The molecule has 4 aromatic rings. The lowest BCUT2D eigenvalue weighted by atomic mass is 10.1. The molecule has 0 atom stereocenters. The summed E-state index contributed by atoms with van der Waals surface area (Å²) in [6.45, 7) is 1.66. The van der Waals surface area contributed by atoms with Crippen LogP contribution >= 0.6 is 11.3 Å². The van der Waals surface area contributed by atoms with Crippen LogP contribution in [-0.2, 0) is 0 Å². The molecule has 1 heterocycles. The zero-order valence-electron chi connectivity index (χ0n) is 15.9. The van der Waals surface area contributed by atoms with Gasteiger partial charge in [-0.2, -0.15) is 0 Å². The number of hydrogen-bond acceptors (Lipinski definition) is 7. The second kappa shape index (κ2) is 7.80. The Bertz CT molecular complexity index is 1280. The van der Waals surface area contributed by atoms with Crippen molar-refractivity contribution in [1.29, 1.82) is 0 Å². The quantitative estimate of drug-likeness (QED) is 0.295. The van der Waals surface area contributed by atoms with E-state index >= 15 is 0 Å². The Morgan fingerprint density at radius 3 is 2.47 bits per heavy atom. The van der Waals surface area contributed by atoms with Crippen molar-refractivity contribution in [3.63, 3.8) is 0 Å². The van der Waals surface area contributed by atoms with Crippen LogP contribution in [-0.4, -0.2) is 15.8 Å². The lowest BCUT2D eigenvalue weighted by Crippen LogP contribution is -2.13. The van der Waals surface area contributed by atoms with Crippen LogP contribution in [0.2, 0.25) is 0 Å². The molecule has 4 rings (SSSR count). The third kappa shape index (κ3) is 3.91. The Balaban J connectivity index is 1.64. The van der Waals surface area contributed by atoms with Gasteiger partial charge in [0.2, 0.25) is 0 Å². The number of anilines is 4. The summed E-state index contributed by atoms with van der Waals surface area (Å²) in [5.74, 6) is -0.693. The van der Waals surface area contributed by atoms with Crippen LogP contribution in [0, 0.1) is 17.0 Å². The number of rotatable bonds is 6. The first-order chi connectivity index (χ1) is 14.4. The van der Waals surface area contributed by atoms with Gasteiger partial charge in [0, 0.05) is 23.0 Å². The van der Waals surface area contributed by atoms with Crippen LogP contribution in [0.1, 0.15) is 16.1 Å². The fraction of sp³-hybridized carbons (Fsp3) is 0.0476. The average Bonchev–Trinajstić information content (AvgIpc) is 3.11. The number of amides is 1. The summed E-state index contributed by atoms with van der Waals surface area (Å²) in [6.07, 6.45) is 0. The van der Waals surface area contributed by atoms with E-state index in [1.165, 1.54) is 17.4 Å². The normalized spacial score (nSPS) is 10.7. The minimum absolute atomic E-state index is 0.0142. The number of thiazole rings is 1. The number of nitrogens with zero attached hydrogens (tertiary/aromatic N) is 2. The van der Waals surface area contributed by atoms with Gasteiger partial charge in [0.15, 0.2) is 10.8 Å². The first-order valence-electron chi connectivity index (χ1n) is 8.99. The summed E-state index contributed by atoms with van der Waals surface area (Å²) in [7, 11) is 0. The number of carbonyl (C=O) groups is 1. The highest BCUT2D eigenvalue weighted by Crippen LogP contribution is 2.34. The third-order valence-electron chi connectivity index (χ3n) is 4.52. The fourth-order valence-corrected chi connectivity index (χ4v) is 3.94. The van der Waals surface area contributed by atoms with Gasteiger partial charge >= 0.3 is 0 Å². The summed E-state index contributed by atoms with van der Waals surface area (Å²) in [5.41, 5.74) is 7.36. The van der Waals surface area contributed by atoms with Crippen molar-refractivity contribution in [3.8, 4) is 0 Å². The number of nitrogens with two attached hydrogens (primary N) is 1. The number of nitro groups is 1. The van der Waals surface area contributed by atoms with E-state index in [0.717, 1.165) is 16.5 Å². The van der Waals surface area contributed by atoms with Gasteiger partial charge in [-0.1, -0.05) is 47.7 Å². The summed E-state index contributed by atoms with van der Waals surface area (Å²) in [4.78, 5) is 26.9. The molecule has 4 N–H and O–H groups in total. The molecule has 0 radical (unpaired) electrons. The standard InChI is InChI=1S/C21H17N5O3S/c1-12-6-8-16(11-17(12)26(28)29)23-20-18(19(22)27)25-21(30-20)24-15-9-7-13-4-2-3-5-14(13)10-15/h2-11,23H,1H3,(H2,22,27)(H,24,25). The van der Waals surface area contributed by atoms with Crippen molar-refractivity contribution in [2.75, 3.05) is 10.6 Å². The molecule has 0 saturated carbocycles. The predicted molar refractivity (Wildman–Crippen MR) is 119 cm³/mol. The number of aromatic nitrogens is 1. The molecule has 0 fully saturated rings. The molecule has 150 valence electrons. The largest absolute Gasteiger partial charge is 0.364 e. The Morgan fingerprint density at radius 1 is 1.03 bits per heavy atom. The molecule has 0 unspecified atom stereocenters. The second-order valence-corrected chi connectivity index (χ2v) is 7.63. The van der Waals surface area contributed by atoms with E-state index < -0.39 is 10.8 Å². The van der Waals surface area contributed by atoms with Crippen molar-refractivity contribution in [2.24, 2.45) is 5.73 Å². The molecule has 0 bridgehead atoms. The molecular weight excluding hydrogens is 402 g/mol. The van der Waals surface area contributed by atoms with Gasteiger partial charge in [-0.3, -0.25) is 14.9 Å². The maximum Gasteiger partial charge on any atom is 0.274 e. The maximum atomic E-state index is 11.9. The van der Waals surface area contributed by atoms with Gasteiger partial charge < -0.3 is 16.4 Å². The van der Waals surface area contributed by atoms with E-state index in [-0.39, 0.29) is 11.4 Å². The van der Waals surface area contributed by atoms with Crippen molar-refractivity contribution < 1.29 is 9.72 Å². The summed E-state index contributed by atoms with van der Waals surface area (Å²) >= 11 is 1.20. The number of carbonyl (C=O) groups excluding carboxylic acids is 1. The number of nitrogens with one attached hydrogen (secondary N) is 2. The van der Waals surface area contributed by atoms with Gasteiger partial charge in [-0.15, -0.1) is 0 Å². The fourth-order valence-electron chi connectivity index (χ4n) is 3.03. The monoisotopic (exact) mass is 419 g/mol. The van der Waals surface area contributed by atoms with E-state index in [1.807, 2.05) is 42.5 Å². The first-order valence-corrected chi connectivity index (χ1v) is 9.81. The van der Waals surface area contributed by atoms with Crippen LogP contribution in [0.3, 0.4) is 0 Å². The zero-order chi connectivity index (χ0) is 21.3. The van der Waals surface area contributed by atoms with E-state index in [2.05, 4.69) is 15.6 Å². The number of benzene rings is 3. The molecule has 0 aliphatic heterocycles. The molecule has 3 aromatic carbocycles. The summed E-state index contributed by atoms with van der Waals surface area (Å²) in [6, 6.07) is 18.6. The van der Waals surface area contributed by atoms with Crippen molar-refractivity contribution in [3.05, 3.63) is 82.0 Å². The van der Waals surface area contributed by atoms with E-state index in [9.17, 15) is 14.9 Å². The van der Waals surface area contributed by atoms with Crippen LogP contribution < -0.4 is 16.4 Å². The Hall–Kier alpha value is -3.98. The van der Waals surface area contributed by atoms with Crippen LogP contribution in [0.4, 0.5) is 27.2 Å². The lowest BCUT2D eigenvalue weighted by molar-refractivity contribution is -0.385. The van der Waals surface area contributed by atoms with Crippen molar-refractivity contribution in [2.45, 2.75) is 6.92 Å². The number of hydrogen-bond donors (Lipinski definition) is 3. The van der Waals surface area contributed by atoms with Crippen molar-refractivity contribution in [1.82, 2.24) is 4.98 Å². The summed E-state index contributed by atoms with van der Waals surface area (Å²) in [5, 5.41) is 20.5. The van der Waals surface area contributed by atoms with Crippen LogP contribution in [0.25, 0.3) is 10.8 Å². The highest BCUT2D eigenvalue weighted by atomic mass is 32.1. The molecule has 1 amide bonds. The van der Waals surface area contributed by atoms with Gasteiger partial charge in [-0.25, -0.2) is 4.98 Å². The van der Waals surface area contributed by atoms with E-state index in [4.69, 9.17) is 5.73 Å². The minimum Gasteiger partial charge on any atom is -0.364 e. The number of aryl methyl sites for hydroxylation is 1.